The molecule has 1 aromatic heterocycles. The summed E-state index contributed by atoms with van der Waals surface area (Å²) in [5, 5.41) is 0.749. The SMILES string of the molecule is CCc1ccc2c(c1)cc(C(C)C)[s+]2C(F)(F)F.[O-][Br+2]([O-])[O-]. The van der Waals surface area contributed by atoms with Crippen LogP contribution in [0.5, 0.6) is 0 Å². The summed E-state index contributed by atoms with van der Waals surface area (Å²) in [5.74, 6) is -0.0764. The van der Waals surface area contributed by atoms with Gasteiger partial charge in [0.05, 0.1) is 10.5 Å². The molecule has 8 heteroatoms. The van der Waals surface area contributed by atoms with Crippen LogP contribution in [-0.4, -0.2) is 0 Å². The Kier molecular flexibility index (Phi) is 6.82. The van der Waals surface area contributed by atoms with Crippen LogP contribution < -0.4 is 12.6 Å². The van der Waals surface area contributed by atoms with Crippen molar-refractivity contribution in [1.29, 1.82) is 0 Å². The number of hydrogen-bond donors (Lipinski definition) is 0. The number of halogens is 4. The van der Waals surface area contributed by atoms with Crippen molar-refractivity contribution in [2.45, 2.75) is 38.6 Å². The fourth-order valence-corrected chi connectivity index (χ4v) is 4.16. The molecule has 2 rings (SSSR count). The van der Waals surface area contributed by atoms with Gasteiger partial charge < -0.3 is 12.6 Å². The quantitative estimate of drug-likeness (QED) is 0.725. The van der Waals surface area contributed by atoms with Crippen LogP contribution in [0.3, 0.4) is 0 Å². The van der Waals surface area contributed by atoms with Crippen molar-refractivity contribution in [2.75, 3.05) is 0 Å². The molecule has 0 fully saturated rings. The molecular weight excluding hydrogens is 385 g/mol. The van der Waals surface area contributed by atoms with Crippen molar-refractivity contribution in [3.05, 3.63) is 34.7 Å². The van der Waals surface area contributed by atoms with Gasteiger partial charge in [-0.3, -0.25) is 0 Å². The molecule has 124 valence electrons. The Labute approximate surface area is 134 Å². The molecule has 0 amide bonds. The largest absolute Gasteiger partial charge is 0.600 e. The fourth-order valence-electron chi connectivity index (χ4n) is 2.12. The number of fused-ring (bicyclic) bond motifs is 1. The Morgan fingerprint density at radius 1 is 1.14 bits per heavy atom. The van der Waals surface area contributed by atoms with E-state index in [4.69, 9.17) is 12.6 Å². The van der Waals surface area contributed by atoms with Gasteiger partial charge in [-0.05, 0) is 24.1 Å². The average Bonchev–Trinajstić information content (AvgIpc) is 2.76. The number of alkyl halides is 3. The van der Waals surface area contributed by atoms with Gasteiger partial charge in [0.25, 0.3) is 0 Å². The van der Waals surface area contributed by atoms with Crippen LogP contribution >= 0.6 is 10.5 Å². The molecule has 1 unspecified atom stereocenters. The van der Waals surface area contributed by atoms with E-state index in [2.05, 4.69) is 0 Å². The highest BCUT2D eigenvalue weighted by Gasteiger charge is 2.48. The van der Waals surface area contributed by atoms with Crippen LogP contribution in [0, 0.1) is 14.8 Å². The Hall–Kier alpha value is -0.670. The number of thiophene rings is 1. The second-order valence-corrected chi connectivity index (χ2v) is 7.65. The standard InChI is InChI=1S/C14H16F3S.BrO3/c1-4-10-5-6-12-11(7-10)8-13(9(2)3)18(12)14(15,16)17;2-1(3)4/h5-9H,4H2,1-3H3;/q+1;-1. The van der Waals surface area contributed by atoms with Crippen molar-refractivity contribution in [2.24, 2.45) is 0 Å². The maximum Gasteiger partial charge on any atom is 0.600 e. The first-order chi connectivity index (χ1) is 10.1. The van der Waals surface area contributed by atoms with Crippen molar-refractivity contribution in [3.8, 4) is 0 Å². The predicted octanol–water partition coefficient (Wildman–Crippen LogP) is 2.18. The van der Waals surface area contributed by atoms with Gasteiger partial charge in [0, 0.05) is 17.4 Å². The van der Waals surface area contributed by atoms with Crippen LogP contribution in [0.15, 0.2) is 24.3 Å². The van der Waals surface area contributed by atoms with E-state index in [1.165, 1.54) is 0 Å². The van der Waals surface area contributed by atoms with Crippen LogP contribution in [-0.2, 0) is 11.9 Å². The minimum Gasteiger partial charge on any atom is -0.405 e. The summed E-state index contributed by atoms with van der Waals surface area (Å²) >= 11 is -3.65. The highest BCUT2D eigenvalue weighted by atomic mass is 80.0. The van der Waals surface area contributed by atoms with E-state index in [0.717, 1.165) is 17.4 Å². The van der Waals surface area contributed by atoms with Gasteiger partial charge in [0.15, 0.2) is 9.58 Å². The first-order valence-corrected chi connectivity index (χ1v) is 9.63. The van der Waals surface area contributed by atoms with E-state index in [-0.39, 0.29) is 5.92 Å². The van der Waals surface area contributed by atoms with E-state index in [9.17, 15) is 13.2 Å². The van der Waals surface area contributed by atoms with Gasteiger partial charge in [-0.15, -0.1) is 13.2 Å². The first-order valence-electron chi connectivity index (χ1n) is 6.46. The van der Waals surface area contributed by atoms with Crippen molar-refractivity contribution < 1.29 is 40.6 Å². The van der Waals surface area contributed by atoms with Gasteiger partial charge in [-0.1, -0.05) is 26.8 Å². The lowest BCUT2D eigenvalue weighted by molar-refractivity contribution is -1.73. The molecule has 1 heterocycles. The number of aryl methyl sites for hydroxylation is 1. The zero-order valence-electron chi connectivity index (χ0n) is 12.2. The highest BCUT2D eigenvalue weighted by Crippen LogP contribution is 2.52. The highest BCUT2D eigenvalue weighted by molar-refractivity contribution is 7.38. The van der Waals surface area contributed by atoms with Gasteiger partial charge in [-0.2, -0.15) is 0 Å². The Bertz CT molecular complexity index is 621. The molecule has 1 aromatic carbocycles. The van der Waals surface area contributed by atoms with E-state index in [1.54, 1.807) is 12.1 Å². The smallest absolute Gasteiger partial charge is 0.405 e. The molecule has 22 heavy (non-hydrogen) atoms. The third-order valence-electron chi connectivity index (χ3n) is 3.04. The minimum atomic E-state index is -4.17. The van der Waals surface area contributed by atoms with Gasteiger partial charge in [-0.25, -0.2) is 0 Å². The van der Waals surface area contributed by atoms with Crippen LogP contribution in [0.4, 0.5) is 13.2 Å². The summed E-state index contributed by atoms with van der Waals surface area (Å²) in [7, 11) is -1.74. The molecule has 0 saturated heterocycles. The van der Waals surface area contributed by atoms with E-state index in [0.29, 0.717) is 9.58 Å². The summed E-state index contributed by atoms with van der Waals surface area (Å²) in [6.45, 7) is 5.65. The molecule has 0 aliphatic carbocycles. The minimum absolute atomic E-state index is 0.0764. The summed E-state index contributed by atoms with van der Waals surface area (Å²) in [5.41, 5.74) is -3.09. The molecule has 0 saturated carbocycles. The summed E-state index contributed by atoms with van der Waals surface area (Å²) in [6, 6.07) is 7.07. The molecular formula is C14H16BrF3O3S. The summed E-state index contributed by atoms with van der Waals surface area (Å²) in [6.07, 6.45) is 0.845. The number of rotatable bonds is 2. The van der Waals surface area contributed by atoms with Crippen molar-refractivity contribution >= 4 is 20.6 Å². The molecule has 0 spiro atoms. The second-order valence-electron chi connectivity index (χ2n) is 4.87. The Morgan fingerprint density at radius 3 is 2.09 bits per heavy atom. The molecule has 0 bridgehead atoms. The van der Waals surface area contributed by atoms with E-state index >= 15 is 0 Å². The molecule has 0 aliphatic heterocycles. The van der Waals surface area contributed by atoms with Crippen molar-refractivity contribution in [1.82, 2.24) is 0 Å². The number of benzene rings is 1. The first kappa shape index (κ1) is 19.4. The summed E-state index contributed by atoms with van der Waals surface area (Å²) in [4.78, 5) is 0.505. The van der Waals surface area contributed by atoms with Crippen LogP contribution in [0.25, 0.3) is 10.1 Å². The topological polar surface area (TPSA) is 69.2 Å². The fraction of sp³-hybridized carbons (Fsp3) is 0.429. The molecule has 2 aromatic rings. The maximum atomic E-state index is 13.2. The Morgan fingerprint density at radius 2 is 1.68 bits per heavy atom. The van der Waals surface area contributed by atoms with Gasteiger partial charge in [0.1, 0.15) is 0 Å². The summed E-state index contributed by atoms with van der Waals surface area (Å²) < 4.78 is 65.6. The zero-order chi connectivity index (χ0) is 17.1. The monoisotopic (exact) mass is 400 g/mol. The molecule has 3 nitrogen and oxygen atoms in total. The molecule has 0 N–H and O–H groups in total. The molecule has 0 aliphatic rings. The van der Waals surface area contributed by atoms with E-state index in [1.807, 2.05) is 32.9 Å². The third-order valence-corrected chi connectivity index (χ3v) is 5.37. The van der Waals surface area contributed by atoms with Gasteiger partial charge >= 0.3 is 5.51 Å². The normalized spacial score (nSPS) is 12.8. The third kappa shape index (κ3) is 4.92. The number of hydrogen-bond acceptors (Lipinski definition) is 3. The molecule has 0 radical (unpaired) electrons. The second kappa shape index (κ2) is 7.74. The van der Waals surface area contributed by atoms with Crippen LogP contribution in [0.1, 0.15) is 37.1 Å². The zero-order valence-corrected chi connectivity index (χ0v) is 14.6. The maximum absolute atomic E-state index is 13.2. The van der Waals surface area contributed by atoms with E-state index < -0.39 is 30.8 Å². The predicted molar refractivity (Wildman–Crippen MR) is 71.2 cm³/mol. The van der Waals surface area contributed by atoms with Gasteiger partial charge in [0.2, 0.25) is 14.8 Å². The van der Waals surface area contributed by atoms with Crippen molar-refractivity contribution in [3.63, 3.8) is 0 Å². The lowest BCUT2D eigenvalue weighted by Gasteiger charge is -2.02. The van der Waals surface area contributed by atoms with Crippen LogP contribution in [0.2, 0.25) is 0 Å². The lowest BCUT2D eigenvalue weighted by atomic mass is 10.1. The average molecular weight is 401 g/mol. The Balaban J connectivity index is 0.000000541. The lowest BCUT2D eigenvalue weighted by Crippen LogP contribution is -2.42. The molecule has 1 atom stereocenters.